The molecule has 21 heavy (non-hydrogen) atoms. The number of nitrogens with one attached hydrogen (secondary N) is 1. The van der Waals surface area contributed by atoms with Crippen LogP contribution in [-0.2, 0) is 13.5 Å². The molecule has 1 aromatic carbocycles. The number of hydrogen-bond donors (Lipinski definition) is 1. The van der Waals surface area contributed by atoms with Crippen molar-refractivity contribution in [2.45, 2.75) is 32.7 Å². The number of aryl methyl sites for hydroxylation is 1. The van der Waals surface area contributed by atoms with Crippen LogP contribution in [0.25, 0.3) is 0 Å². The number of hydrogen-bond acceptors (Lipinski definition) is 4. The Balaban J connectivity index is 2.25. The van der Waals surface area contributed by atoms with E-state index >= 15 is 0 Å². The third-order valence-corrected chi connectivity index (χ3v) is 3.43. The Hall–Kier alpha value is -1.88. The van der Waals surface area contributed by atoms with E-state index in [1.54, 1.807) is 6.33 Å². The van der Waals surface area contributed by atoms with Crippen LogP contribution in [0.2, 0.25) is 0 Å². The van der Waals surface area contributed by atoms with E-state index in [-0.39, 0.29) is 6.04 Å². The fourth-order valence-corrected chi connectivity index (χ4v) is 2.35. The Morgan fingerprint density at radius 1 is 1.29 bits per heavy atom. The molecule has 114 valence electrons. The van der Waals surface area contributed by atoms with Crippen molar-refractivity contribution < 1.29 is 4.74 Å². The maximum Gasteiger partial charge on any atom is 0.138 e. The summed E-state index contributed by atoms with van der Waals surface area (Å²) < 4.78 is 7.59. The highest BCUT2D eigenvalue weighted by Gasteiger charge is 2.18. The van der Waals surface area contributed by atoms with Gasteiger partial charge in [-0.15, -0.1) is 0 Å². The molecule has 0 fully saturated rings. The summed E-state index contributed by atoms with van der Waals surface area (Å²) in [6.07, 6.45) is 3.48. The zero-order valence-corrected chi connectivity index (χ0v) is 13.0. The summed E-state index contributed by atoms with van der Waals surface area (Å²) in [5.74, 6) is 1.91. The monoisotopic (exact) mass is 288 g/mol. The van der Waals surface area contributed by atoms with E-state index in [2.05, 4.69) is 34.5 Å². The van der Waals surface area contributed by atoms with Crippen LogP contribution in [0.5, 0.6) is 5.75 Å². The Labute approximate surface area is 126 Å². The predicted molar refractivity (Wildman–Crippen MR) is 83.4 cm³/mol. The van der Waals surface area contributed by atoms with Gasteiger partial charge in [0.15, 0.2) is 0 Å². The first kappa shape index (κ1) is 15.5. The van der Waals surface area contributed by atoms with Crippen molar-refractivity contribution in [2.75, 3.05) is 13.2 Å². The molecule has 0 saturated heterocycles. The number of aromatic nitrogens is 3. The van der Waals surface area contributed by atoms with Gasteiger partial charge in [-0.1, -0.05) is 25.1 Å². The molecule has 0 spiro atoms. The summed E-state index contributed by atoms with van der Waals surface area (Å²) in [7, 11) is 1.92. The van der Waals surface area contributed by atoms with Crippen molar-refractivity contribution in [3.8, 4) is 5.75 Å². The quantitative estimate of drug-likeness (QED) is 0.811. The molecular formula is C16H24N4O. The van der Waals surface area contributed by atoms with Crippen molar-refractivity contribution >= 4 is 0 Å². The van der Waals surface area contributed by atoms with E-state index in [9.17, 15) is 0 Å². The molecule has 5 nitrogen and oxygen atoms in total. The maximum atomic E-state index is 5.76. The van der Waals surface area contributed by atoms with Crippen LogP contribution in [0.1, 0.15) is 37.7 Å². The molecule has 0 bridgehead atoms. The number of benzene rings is 1. The minimum atomic E-state index is 0.176. The molecular weight excluding hydrogens is 264 g/mol. The first-order chi connectivity index (χ1) is 10.3. The molecule has 5 heteroatoms. The smallest absolute Gasteiger partial charge is 0.138 e. The topological polar surface area (TPSA) is 52.0 Å². The molecule has 0 radical (unpaired) electrons. The van der Waals surface area contributed by atoms with Crippen LogP contribution in [0, 0.1) is 0 Å². The highest BCUT2D eigenvalue weighted by Crippen LogP contribution is 2.27. The lowest BCUT2D eigenvalue weighted by molar-refractivity contribution is 0.330. The summed E-state index contributed by atoms with van der Waals surface area (Å²) in [6.45, 7) is 5.80. The third-order valence-electron chi connectivity index (χ3n) is 3.43. The molecule has 1 atom stereocenters. The zero-order chi connectivity index (χ0) is 15.1. The normalized spacial score (nSPS) is 12.3. The van der Waals surface area contributed by atoms with E-state index in [0.717, 1.165) is 31.0 Å². The molecule has 1 aromatic heterocycles. The molecule has 0 aliphatic heterocycles. The number of ether oxygens (including phenoxy) is 1. The largest absolute Gasteiger partial charge is 0.494 e. The van der Waals surface area contributed by atoms with Gasteiger partial charge in [0.1, 0.15) is 17.9 Å². The Bertz CT molecular complexity index is 553. The van der Waals surface area contributed by atoms with Gasteiger partial charge >= 0.3 is 0 Å². The Morgan fingerprint density at radius 2 is 2.10 bits per heavy atom. The number of para-hydroxylation sites is 1. The zero-order valence-electron chi connectivity index (χ0n) is 13.0. The second-order valence-electron chi connectivity index (χ2n) is 4.98. The third kappa shape index (κ3) is 4.04. The van der Waals surface area contributed by atoms with Gasteiger partial charge in [0.2, 0.25) is 0 Å². The van der Waals surface area contributed by atoms with E-state index in [1.165, 1.54) is 5.56 Å². The summed E-state index contributed by atoms with van der Waals surface area (Å²) in [5.41, 5.74) is 1.18. The van der Waals surface area contributed by atoms with Gasteiger partial charge in [-0.05, 0) is 26.0 Å². The average molecular weight is 288 g/mol. The Morgan fingerprint density at radius 3 is 2.76 bits per heavy atom. The minimum absolute atomic E-state index is 0.176. The van der Waals surface area contributed by atoms with Crippen LogP contribution < -0.4 is 10.1 Å². The minimum Gasteiger partial charge on any atom is -0.494 e. The van der Waals surface area contributed by atoms with E-state index < -0.39 is 0 Å². The van der Waals surface area contributed by atoms with Gasteiger partial charge in [-0.25, -0.2) is 4.98 Å². The van der Waals surface area contributed by atoms with Crippen LogP contribution in [0.3, 0.4) is 0 Å². The fourth-order valence-electron chi connectivity index (χ4n) is 2.35. The summed E-state index contributed by atoms with van der Waals surface area (Å²) in [6, 6.07) is 8.38. The second-order valence-corrected chi connectivity index (χ2v) is 4.98. The van der Waals surface area contributed by atoms with Crippen molar-refractivity contribution in [3.05, 3.63) is 42.0 Å². The lowest BCUT2D eigenvalue weighted by Gasteiger charge is -2.21. The van der Waals surface area contributed by atoms with Gasteiger partial charge in [-0.3, -0.25) is 4.68 Å². The predicted octanol–water partition coefficient (Wildman–Crippen LogP) is 2.50. The van der Waals surface area contributed by atoms with Gasteiger partial charge in [0.25, 0.3) is 0 Å². The lowest BCUT2D eigenvalue weighted by Crippen LogP contribution is -2.25. The van der Waals surface area contributed by atoms with E-state index in [0.29, 0.717) is 6.61 Å². The molecule has 2 aromatic rings. The van der Waals surface area contributed by atoms with Crippen LogP contribution in [0.15, 0.2) is 30.6 Å². The molecule has 1 unspecified atom stereocenters. The number of rotatable bonds is 8. The maximum absolute atomic E-state index is 5.76. The SMILES string of the molecule is CCCNC(Cc1ncnn1C)c1ccccc1OCC. The fraction of sp³-hybridized carbons (Fsp3) is 0.500. The molecule has 1 N–H and O–H groups in total. The molecule has 1 heterocycles. The van der Waals surface area contributed by atoms with Crippen molar-refractivity contribution in [1.29, 1.82) is 0 Å². The molecule has 0 aliphatic carbocycles. The van der Waals surface area contributed by atoms with E-state index in [4.69, 9.17) is 4.74 Å². The van der Waals surface area contributed by atoms with Crippen molar-refractivity contribution in [1.82, 2.24) is 20.1 Å². The van der Waals surface area contributed by atoms with Crippen molar-refractivity contribution in [2.24, 2.45) is 7.05 Å². The molecule has 0 aliphatic rings. The molecule has 0 amide bonds. The summed E-state index contributed by atoms with van der Waals surface area (Å²) in [4.78, 5) is 4.34. The van der Waals surface area contributed by atoms with Gasteiger partial charge in [0, 0.05) is 25.1 Å². The number of nitrogens with zero attached hydrogens (tertiary/aromatic N) is 3. The van der Waals surface area contributed by atoms with E-state index in [1.807, 2.05) is 30.8 Å². The first-order valence-corrected chi connectivity index (χ1v) is 7.54. The van der Waals surface area contributed by atoms with Gasteiger partial charge < -0.3 is 10.1 Å². The average Bonchev–Trinajstić information content (AvgIpc) is 2.90. The molecule has 0 saturated carbocycles. The Kier molecular flexibility index (Phi) is 5.75. The second kappa shape index (κ2) is 7.78. The van der Waals surface area contributed by atoms with Crippen LogP contribution >= 0.6 is 0 Å². The lowest BCUT2D eigenvalue weighted by atomic mass is 10.0. The summed E-state index contributed by atoms with van der Waals surface area (Å²) >= 11 is 0. The van der Waals surface area contributed by atoms with Crippen LogP contribution in [-0.4, -0.2) is 27.9 Å². The standard InChI is InChI=1S/C16H24N4O/c1-4-10-17-14(11-16-18-12-19-20(16)3)13-8-6-7-9-15(13)21-5-2/h6-9,12,14,17H,4-5,10-11H2,1-3H3. The highest BCUT2D eigenvalue weighted by atomic mass is 16.5. The summed E-state index contributed by atoms with van der Waals surface area (Å²) in [5, 5.41) is 7.74. The van der Waals surface area contributed by atoms with Gasteiger partial charge in [0.05, 0.1) is 6.61 Å². The van der Waals surface area contributed by atoms with Crippen molar-refractivity contribution in [3.63, 3.8) is 0 Å². The highest BCUT2D eigenvalue weighted by molar-refractivity contribution is 5.36. The van der Waals surface area contributed by atoms with Crippen LogP contribution in [0.4, 0.5) is 0 Å². The first-order valence-electron chi connectivity index (χ1n) is 7.54. The van der Waals surface area contributed by atoms with Gasteiger partial charge in [-0.2, -0.15) is 5.10 Å². The molecule has 2 rings (SSSR count).